The van der Waals surface area contributed by atoms with E-state index in [2.05, 4.69) is 10.2 Å². The molecule has 0 spiro atoms. The summed E-state index contributed by atoms with van der Waals surface area (Å²) in [6.45, 7) is 1.92. The minimum atomic E-state index is -0.311. The van der Waals surface area contributed by atoms with Gasteiger partial charge >= 0.3 is 0 Å². The number of rotatable bonds is 7. The van der Waals surface area contributed by atoms with Crippen molar-refractivity contribution in [1.29, 1.82) is 0 Å². The standard InChI is InChI=1S/C19H17FN2O3S/c1-12-6-7-17(24-2)15(8-12)16(23)11-26-19-22-21-18(25-19)10-13-4-3-5-14(20)9-13/h3-9H,10-11H2,1-2H3. The topological polar surface area (TPSA) is 65.2 Å². The normalized spacial score (nSPS) is 10.7. The van der Waals surface area contributed by atoms with E-state index in [4.69, 9.17) is 9.15 Å². The van der Waals surface area contributed by atoms with Crippen LogP contribution in [0.5, 0.6) is 5.75 Å². The Hall–Kier alpha value is -2.67. The molecule has 0 unspecified atom stereocenters. The van der Waals surface area contributed by atoms with Gasteiger partial charge in [-0.05, 0) is 36.8 Å². The lowest BCUT2D eigenvalue weighted by Gasteiger charge is -2.07. The number of hydrogen-bond acceptors (Lipinski definition) is 6. The smallest absolute Gasteiger partial charge is 0.277 e. The van der Waals surface area contributed by atoms with E-state index in [-0.39, 0.29) is 17.4 Å². The number of Topliss-reactive ketones (excluding diaryl/α,β-unsaturated/α-hetero) is 1. The third-order valence-electron chi connectivity index (χ3n) is 3.67. The third kappa shape index (κ3) is 4.49. The van der Waals surface area contributed by atoms with Crippen LogP contribution in [0, 0.1) is 12.7 Å². The van der Waals surface area contributed by atoms with Gasteiger partial charge in [0.15, 0.2) is 5.78 Å². The van der Waals surface area contributed by atoms with Crippen molar-refractivity contribution in [3.8, 4) is 5.75 Å². The maximum absolute atomic E-state index is 13.2. The van der Waals surface area contributed by atoms with Crippen LogP contribution in [-0.4, -0.2) is 28.8 Å². The summed E-state index contributed by atoms with van der Waals surface area (Å²) in [5, 5.41) is 8.18. The summed E-state index contributed by atoms with van der Waals surface area (Å²) in [5.74, 6) is 0.675. The summed E-state index contributed by atoms with van der Waals surface area (Å²) in [6.07, 6.45) is 0.338. The first-order valence-corrected chi connectivity index (χ1v) is 8.91. The Morgan fingerprint density at radius 2 is 2.08 bits per heavy atom. The molecule has 3 aromatic rings. The van der Waals surface area contributed by atoms with E-state index in [1.54, 1.807) is 24.3 Å². The Kier molecular flexibility index (Phi) is 5.68. The molecular formula is C19H17FN2O3S. The van der Waals surface area contributed by atoms with Crippen molar-refractivity contribution in [1.82, 2.24) is 10.2 Å². The van der Waals surface area contributed by atoms with Crippen LogP contribution in [0.1, 0.15) is 27.4 Å². The van der Waals surface area contributed by atoms with E-state index in [0.717, 1.165) is 22.9 Å². The number of aromatic nitrogens is 2. The molecule has 0 aliphatic heterocycles. The zero-order valence-electron chi connectivity index (χ0n) is 14.4. The molecule has 0 fully saturated rings. The fraction of sp³-hybridized carbons (Fsp3) is 0.211. The molecule has 0 aliphatic carbocycles. The van der Waals surface area contributed by atoms with Gasteiger partial charge in [0.2, 0.25) is 5.89 Å². The predicted octanol–water partition coefficient (Wildman–Crippen LogP) is 4.09. The zero-order chi connectivity index (χ0) is 18.5. The SMILES string of the molecule is COc1ccc(C)cc1C(=O)CSc1nnc(Cc2cccc(F)c2)o1. The molecule has 0 amide bonds. The van der Waals surface area contributed by atoms with Crippen molar-refractivity contribution in [3.05, 3.63) is 70.9 Å². The second kappa shape index (κ2) is 8.14. The zero-order valence-corrected chi connectivity index (χ0v) is 15.2. The molecule has 5 nitrogen and oxygen atoms in total. The third-order valence-corrected chi connectivity index (χ3v) is 4.49. The number of halogens is 1. The van der Waals surface area contributed by atoms with Crippen LogP contribution in [0.4, 0.5) is 4.39 Å². The molecule has 26 heavy (non-hydrogen) atoms. The average molecular weight is 372 g/mol. The molecule has 2 aromatic carbocycles. The summed E-state index contributed by atoms with van der Waals surface area (Å²) in [6, 6.07) is 11.7. The Morgan fingerprint density at radius 3 is 2.85 bits per heavy atom. The second-order valence-electron chi connectivity index (χ2n) is 5.68. The van der Waals surface area contributed by atoms with Crippen molar-refractivity contribution >= 4 is 17.5 Å². The molecule has 0 radical (unpaired) electrons. The number of carbonyl (C=O) groups excluding carboxylic acids is 1. The van der Waals surface area contributed by atoms with Crippen molar-refractivity contribution < 1.29 is 18.3 Å². The summed E-state index contributed by atoms with van der Waals surface area (Å²) in [7, 11) is 1.53. The average Bonchev–Trinajstić information content (AvgIpc) is 3.07. The van der Waals surface area contributed by atoms with E-state index in [0.29, 0.717) is 28.8 Å². The van der Waals surface area contributed by atoms with Crippen LogP contribution >= 0.6 is 11.8 Å². The lowest BCUT2D eigenvalue weighted by Crippen LogP contribution is -2.05. The molecule has 0 aliphatic rings. The number of methoxy groups -OCH3 is 1. The second-order valence-corrected chi connectivity index (χ2v) is 6.61. The maximum Gasteiger partial charge on any atom is 0.277 e. The Labute approximate surface area is 154 Å². The molecule has 7 heteroatoms. The number of ether oxygens (including phenoxy) is 1. The van der Waals surface area contributed by atoms with Gasteiger partial charge in [0, 0.05) is 0 Å². The lowest BCUT2D eigenvalue weighted by molar-refractivity contribution is 0.101. The highest BCUT2D eigenvalue weighted by Crippen LogP contribution is 2.24. The highest BCUT2D eigenvalue weighted by Gasteiger charge is 2.15. The molecule has 134 valence electrons. The summed E-state index contributed by atoms with van der Waals surface area (Å²) in [4.78, 5) is 12.5. The Bertz CT molecular complexity index is 927. The fourth-order valence-electron chi connectivity index (χ4n) is 2.43. The van der Waals surface area contributed by atoms with Crippen LogP contribution in [0.25, 0.3) is 0 Å². The van der Waals surface area contributed by atoms with Gasteiger partial charge in [0.05, 0.1) is 24.8 Å². The van der Waals surface area contributed by atoms with Crippen molar-refractivity contribution in [2.75, 3.05) is 12.9 Å². The van der Waals surface area contributed by atoms with Gasteiger partial charge in [0.1, 0.15) is 11.6 Å². The number of carbonyl (C=O) groups is 1. The molecule has 1 heterocycles. The van der Waals surface area contributed by atoms with E-state index < -0.39 is 0 Å². The molecule has 0 saturated heterocycles. The summed E-state index contributed by atoms with van der Waals surface area (Å²) < 4.78 is 24.0. The van der Waals surface area contributed by atoms with Gasteiger partial charge in [-0.25, -0.2) is 4.39 Å². The Morgan fingerprint density at radius 1 is 1.23 bits per heavy atom. The van der Waals surface area contributed by atoms with Crippen LogP contribution in [0.2, 0.25) is 0 Å². The number of thioether (sulfide) groups is 1. The molecule has 1 aromatic heterocycles. The number of aryl methyl sites for hydroxylation is 1. The van der Waals surface area contributed by atoms with Crippen LogP contribution < -0.4 is 4.74 Å². The number of hydrogen-bond donors (Lipinski definition) is 0. The summed E-state index contributed by atoms with van der Waals surface area (Å²) >= 11 is 1.16. The highest BCUT2D eigenvalue weighted by atomic mass is 32.2. The van der Waals surface area contributed by atoms with Crippen LogP contribution in [0.3, 0.4) is 0 Å². The van der Waals surface area contributed by atoms with E-state index >= 15 is 0 Å². The highest BCUT2D eigenvalue weighted by molar-refractivity contribution is 7.99. The van der Waals surface area contributed by atoms with Gasteiger partial charge in [-0.3, -0.25) is 4.79 Å². The van der Waals surface area contributed by atoms with Crippen molar-refractivity contribution in [2.45, 2.75) is 18.6 Å². The molecular weight excluding hydrogens is 355 g/mol. The minimum absolute atomic E-state index is 0.0829. The van der Waals surface area contributed by atoms with E-state index in [9.17, 15) is 9.18 Å². The van der Waals surface area contributed by atoms with Crippen LogP contribution in [-0.2, 0) is 6.42 Å². The number of ketones is 1. The fourth-order valence-corrected chi connectivity index (χ4v) is 3.10. The summed E-state index contributed by atoms with van der Waals surface area (Å²) in [5.41, 5.74) is 2.25. The first kappa shape index (κ1) is 18.1. The van der Waals surface area contributed by atoms with Gasteiger partial charge < -0.3 is 9.15 Å². The van der Waals surface area contributed by atoms with E-state index in [1.807, 2.05) is 13.0 Å². The number of benzene rings is 2. The van der Waals surface area contributed by atoms with Crippen molar-refractivity contribution in [2.24, 2.45) is 0 Å². The first-order chi connectivity index (χ1) is 12.5. The monoisotopic (exact) mass is 372 g/mol. The molecule has 0 bridgehead atoms. The van der Waals surface area contributed by atoms with E-state index in [1.165, 1.54) is 19.2 Å². The first-order valence-electron chi connectivity index (χ1n) is 7.92. The largest absolute Gasteiger partial charge is 0.496 e. The van der Waals surface area contributed by atoms with Crippen LogP contribution in [0.15, 0.2) is 52.1 Å². The molecule has 3 rings (SSSR count). The van der Waals surface area contributed by atoms with Gasteiger partial charge in [-0.2, -0.15) is 0 Å². The van der Waals surface area contributed by atoms with Gasteiger partial charge in [0.25, 0.3) is 5.22 Å². The van der Waals surface area contributed by atoms with Gasteiger partial charge in [-0.15, -0.1) is 10.2 Å². The molecule has 0 N–H and O–H groups in total. The van der Waals surface area contributed by atoms with Crippen molar-refractivity contribution in [3.63, 3.8) is 0 Å². The minimum Gasteiger partial charge on any atom is -0.496 e. The predicted molar refractivity (Wildman–Crippen MR) is 96.3 cm³/mol. The Balaban J connectivity index is 1.63. The molecule has 0 saturated carbocycles. The number of nitrogens with zero attached hydrogens (tertiary/aromatic N) is 2. The lowest BCUT2D eigenvalue weighted by atomic mass is 10.1. The maximum atomic E-state index is 13.2. The quantitative estimate of drug-likeness (QED) is 0.460. The van der Waals surface area contributed by atoms with Gasteiger partial charge in [-0.1, -0.05) is 35.5 Å². The molecule has 0 atom stereocenters.